The van der Waals surface area contributed by atoms with Gasteiger partial charge in [-0.3, -0.25) is 0 Å². The third-order valence-corrected chi connectivity index (χ3v) is 3.89. The summed E-state index contributed by atoms with van der Waals surface area (Å²) >= 11 is 0. The van der Waals surface area contributed by atoms with Crippen molar-refractivity contribution in [2.75, 3.05) is 0 Å². The van der Waals surface area contributed by atoms with Gasteiger partial charge in [-0.2, -0.15) is 0 Å². The highest BCUT2D eigenvalue weighted by Crippen LogP contribution is 2.20. The minimum absolute atomic E-state index is 0.121. The summed E-state index contributed by atoms with van der Waals surface area (Å²) in [4.78, 5) is 0. The van der Waals surface area contributed by atoms with Crippen LogP contribution in [-0.2, 0) is 19.4 Å². The monoisotopic (exact) mass is 328 g/mol. The Kier molecular flexibility index (Phi) is 6.52. The molecule has 0 saturated carbocycles. The van der Waals surface area contributed by atoms with Gasteiger partial charge in [0, 0.05) is 13.0 Å². The molecular weight excluding hydrogens is 304 g/mol. The molecule has 0 aliphatic carbocycles. The number of aliphatic hydroxyl groups is 2. The molecule has 24 heavy (non-hydrogen) atoms. The molecule has 5 heteroatoms. The molecule has 0 radical (unpaired) electrons. The zero-order valence-corrected chi connectivity index (χ0v) is 13.8. The van der Waals surface area contributed by atoms with Crippen molar-refractivity contribution in [3.8, 4) is 0 Å². The summed E-state index contributed by atoms with van der Waals surface area (Å²) in [6.07, 6.45) is 0.673. The Labute approximate surface area is 142 Å². The van der Waals surface area contributed by atoms with Crippen LogP contribution in [0.4, 0.5) is 0 Å². The van der Waals surface area contributed by atoms with Crippen molar-refractivity contribution in [1.82, 2.24) is 11.0 Å². The Bertz CT molecular complexity index is 682. The Morgan fingerprint density at radius 3 is 2.33 bits per heavy atom. The molecule has 0 saturated heterocycles. The van der Waals surface area contributed by atoms with Gasteiger partial charge in [-0.15, -0.1) is 5.59 Å². The summed E-state index contributed by atoms with van der Waals surface area (Å²) in [6.45, 7) is 5.71. The molecule has 1 atom stereocenters. The first kappa shape index (κ1) is 18.2. The van der Waals surface area contributed by atoms with Gasteiger partial charge in [-0.25, -0.2) is 5.43 Å². The van der Waals surface area contributed by atoms with Crippen molar-refractivity contribution in [1.29, 1.82) is 0 Å². The first-order valence-electron chi connectivity index (χ1n) is 7.86. The topological polar surface area (TPSA) is 84.8 Å². The van der Waals surface area contributed by atoms with Crippen LogP contribution in [0.2, 0.25) is 0 Å². The van der Waals surface area contributed by atoms with Crippen molar-refractivity contribution in [2.45, 2.75) is 32.4 Å². The minimum Gasteiger partial charge on any atom is -0.513 e. The van der Waals surface area contributed by atoms with E-state index >= 15 is 0 Å². The van der Waals surface area contributed by atoms with E-state index in [2.05, 4.69) is 12.0 Å². The van der Waals surface area contributed by atoms with E-state index in [1.54, 1.807) is 6.92 Å². The molecule has 5 N–H and O–H groups in total. The Morgan fingerprint density at radius 1 is 1.08 bits per heavy atom. The van der Waals surface area contributed by atoms with Gasteiger partial charge in [0.2, 0.25) is 0 Å². The molecule has 0 aromatic heterocycles. The fourth-order valence-corrected chi connectivity index (χ4v) is 2.63. The zero-order valence-electron chi connectivity index (χ0n) is 13.8. The van der Waals surface area contributed by atoms with Crippen molar-refractivity contribution in [3.05, 3.63) is 82.6 Å². The van der Waals surface area contributed by atoms with E-state index in [9.17, 15) is 10.2 Å². The zero-order chi connectivity index (χ0) is 17.5. The highest BCUT2D eigenvalue weighted by molar-refractivity contribution is 5.37. The molecule has 0 spiro atoms. The molecule has 0 heterocycles. The summed E-state index contributed by atoms with van der Waals surface area (Å²) in [5, 5.41) is 27.7. The van der Waals surface area contributed by atoms with Gasteiger partial charge in [0.25, 0.3) is 0 Å². The van der Waals surface area contributed by atoms with Gasteiger partial charge >= 0.3 is 0 Å². The molecule has 0 fully saturated rings. The lowest BCUT2D eigenvalue weighted by molar-refractivity contribution is 0.118. The number of hydrazine groups is 1. The largest absolute Gasteiger partial charge is 0.513 e. The smallest absolute Gasteiger partial charge is 0.0894 e. The van der Waals surface area contributed by atoms with E-state index < -0.39 is 6.10 Å². The van der Waals surface area contributed by atoms with Crippen LogP contribution in [0.1, 0.15) is 40.8 Å². The molecular formula is C19H24N2O3. The van der Waals surface area contributed by atoms with Crippen LogP contribution in [0, 0.1) is 0 Å². The lowest BCUT2D eigenvalue weighted by Crippen LogP contribution is -2.27. The second kappa shape index (κ2) is 8.61. The molecule has 2 aromatic rings. The van der Waals surface area contributed by atoms with Crippen LogP contribution in [0.3, 0.4) is 0 Å². The lowest BCUT2D eigenvalue weighted by Gasteiger charge is -2.13. The number of hydrogen-bond donors (Lipinski definition) is 5. The maximum atomic E-state index is 9.58. The van der Waals surface area contributed by atoms with Crippen molar-refractivity contribution >= 4 is 0 Å². The number of aliphatic hydroxyl groups excluding tert-OH is 2. The Morgan fingerprint density at radius 2 is 1.75 bits per heavy atom. The van der Waals surface area contributed by atoms with Crippen LogP contribution in [0.25, 0.3) is 0 Å². The van der Waals surface area contributed by atoms with Gasteiger partial charge in [-0.1, -0.05) is 49.0 Å². The summed E-state index contributed by atoms with van der Waals surface area (Å²) in [5.41, 5.74) is 9.76. The Balaban J connectivity index is 2.22. The minimum atomic E-state index is -0.472. The number of rotatable bonds is 8. The maximum Gasteiger partial charge on any atom is 0.0894 e. The molecule has 2 rings (SSSR count). The maximum absolute atomic E-state index is 9.58. The molecule has 1 unspecified atom stereocenters. The van der Waals surface area contributed by atoms with Gasteiger partial charge < -0.3 is 15.4 Å². The van der Waals surface area contributed by atoms with Gasteiger partial charge in [0.1, 0.15) is 0 Å². The van der Waals surface area contributed by atoms with Gasteiger partial charge in [0.05, 0.1) is 11.9 Å². The average molecular weight is 328 g/mol. The van der Waals surface area contributed by atoms with Crippen LogP contribution >= 0.6 is 0 Å². The summed E-state index contributed by atoms with van der Waals surface area (Å²) in [7, 11) is 0. The molecule has 0 aliphatic rings. The van der Waals surface area contributed by atoms with Crippen LogP contribution in [-0.4, -0.2) is 15.4 Å². The van der Waals surface area contributed by atoms with E-state index in [0.717, 1.165) is 34.2 Å². The first-order chi connectivity index (χ1) is 11.5. The molecule has 0 aliphatic heterocycles. The van der Waals surface area contributed by atoms with Crippen molar-refractivity contribution in [2.24, 2.45) is 0 Å². The highest BCUT2D eigenvalue weighted by Gasteiger charge is 2.07. The third-order valence-electron chi connectivity index (χ3n) is 3.89. The number of allylic oxidation sites excluding steroid dienone is 1. The van der Waals surface area contributed by atoms with E-state index in [4.69, 9.17) is 5.21 Å². The summed E-state index contributed by atoms with van der Waals surface area (Å²) < 4.78 is 0. The standard InChI is InChI=1S/C19H24N2O3/c1-13(22)9-16-5-8-18(19(11-16)12-20-21-24)10-15-3-6-17(7-4-15)14(2)23/h3-8,11,14,20-24H,1,9-10,12H2,2H3. The van der Waals surface area contributed by atoms with Crippen LogP contribution < -0.4 is 11.0 Å². The van der Waals surface area contributed by atoms with E-state index in [1.807, 2.05) is 48.1 Å². The molecule has 0 amide bonds. The van der Waals surface area contributed by atoms with Crippen LogP contribution in [0.15, 0.2) is 54.8 Å². The number of hydrogen-bond acceptors (Lipinski definition) is 5. The fourth-order valence-electron chi connectivity index (χ4n) is 2.63. The molecule has 5 nitrogen and oxygen atoms in total. The van der Waals surface area contributed by atoms with E-state index in [1.165, 1.54) is 0 Å². The SMILES string of the molecule is C=C(O)Cc1ccc(Cc2ccc(C(C)O)cc2)c(CNNO)c1. The van der Waals surface area contributed by atoms with Gasteiger partial charge in [0.15, 0.2) is 0 Å². The number of benzene rings is 2. The summed E-state index contributed by atoms with van der Waals surface area (Å²) in [6, 6.07) is 13.9. The molecule has 0 bridgehead atoms. The predicted molar refractivity (Wildman–Crippen MR) is 93.6 cm³/mol. The Hall–Kier alpha value is -2.18. The van der Waals surface area contributed by atoms with Crippen molar-refractivity contribution in [3.63, 3.8) is 0 Å². The second-order valence-electron chi connectivity index (χ2n) is 5.91. The normalized spacial score (nSPS) is 12.1. The fraction of sp³-hybridized carbons (Fsp3) is 0.263. The van der Waals surface area contributed by atoms with E-state index in [-0.39, 0.29) is 5.76 Å². The quantitative estimate of drug-likeness (QED) is 0.380. The van der Waals surface area contributed by atoms with Crippen molar-refractivity contribution < 1.29 is 15.4 Å². The second-order valence-corrected chi connectivity index (χ2v) is 5.91. The average Bonchev–Trinajstić information content (AvgIpc) is 2.54. The predicted octanol–water partition coefficient (Wildman–Crippen LogP) is 2.93. The first-order valence-corrected chi connectivity index (χ1v) is 7.86. The molecule has 2 aromatic carbocycles. The lowest BCUT2D eigenvalue weighted by atomic mass is 9.96. The van der Waals surface area contributed by atoms with E-state index in [0.29, 0.717) is 13.0 Å². The summed E-state index contributed by atoms with van der Waals surface area (Å²) in [5.74, 6) is 0.121. The van der Waals surface area contributed by atoms with Crippen LogP contribution in [0.5, 0.6) is 0 Å². The third kappa shape index (κ3) is 5.18. The highest BCUT2D eigenvalue weighted by atomic mass is 16.5. The molecule has 128 valence electrons. The number of nitrogens with one attached hydrogen (secondary N) is 2. The van der Waals surface area contributed by atoms with Gasteiger partial charge in [-0.05, 0) is 41.2 Å².